The third-order valence-electron chi connectivity index (χ3n) is 2.06. The van der Waals surface area contributed by atoms with Crippen LogP contribution >= 0.6 is 11.6 Å². The van der Waals surface area contributed by atoms with Gasteiger partial charge in [0.25, 0.3) is 0 Å². The molecule has 0 unspecified atom stereocenters. The van der Waals surface area contributed by atoms with E-state index >= 15 is 0 Å². The average Bonchev–Trinajstić information content (AvgIpc) is 2.65. The lowest BCUT2D eigenvalue weighted by atomic mass is 10.3. The number of hydrogen-bond acceptors (Lipinski definition) is 2. The van der Waals surface area contributed by atoms with E-state index in [1.807, 2.05) is 0 Å². The van der Waals surface area contributed by atoms with Crippen LogP contribution in [0.5, 0.6) is 5.75 Å². The molecule has 0 aliphatic rings. The lowest BCUT2D eigenvalue weighted by Gasteiger charge is -2.06. The number of imidazole rings is 1. The standard InChI is InChI=1S/C10H9ClN2O2/c1-15-7-2-3-8(11)9(6-7)13-5-4-12-10(13)14/h2-6H,1H3,(H,12,14). The van der Waals surface area contributed by atoms with Crippen molar-refractivity contribution in [2.45, 2.75) is 0 Å². The number of aromatic nitrogens is 2. The highest BCUT2D eigenvalue weighted by atomic mass is 35.5. The maximum atomic E-state index is 11.4. The molecule has 78 valence electrons. The van der Waals surface area contributed by atoms with E-state index in [9.17, 15) is 4.79 Å². The van der Waals surface area contributed by atoms with E-state index in [1.54, 1.807) is 37.7 Å². The monoisotopic (exact) mass is 224 g/mol. The molecule has 0 saturated heterocycles. The second-order valence-electron chi connectivity index (χ2n) is 2.95. The van der Waals surface area contributed by atoms with Crippen LogP contribution in [-0.2, 0) is 0 Å². The molecule has 0 aliphatic heterocycles. The van der Waals surface area contributed by atoms with Crippen molar-refractivity contribution < 1.29 is 4.74 Å². The number of hydrogen-bond donors (Lipinski definition) is 1. The van der Waals surface area contributed by atoms with Crippen LogP contribution in [-0.4, -0.2) is 16.7 Å². The number of ether oxygens (including phenoxy) is 1. The number of halogens is 1. The molecule has 1 aromatic heterocycles. The van der Waals surface area contributed by atoms with Gasteiger partial charge < -0.3 is 9.72 Å². The highest BCUT2D eigenvalue weighted by Gasteiger charge is 2.06. The van der Waals surface area contributed by atoms with Crippen molar-refractivity contribution in [1.82, 2.24) is 9.55 Å². The molecular weight excluding hydrogens is 216 g/mol. The second kappa shape index (κ2) is 3.82. The second-order valence-corrected chi connectivity index (χ2v) is 3.36. The predicted octanol–water partition coefficient (Wildman–Crippen LogP) is 1.83. The Balaban J connectivity index is 2.62. The minimum absolute atomic E-state index is 0.231. The molecule has 0 amide bonds. The summed E-state index contributed by atoms with van der Waals surface area (Å²) in [6, 6.07) is 5.14. The van der Waals surface area contributed by atoms with Gasteiger partial charge in [-0.3, -0.25) is 4.57 Å². The summed E-state index contributed by atoms with van der Waals surface area (Å²) >= 11 is 5.99. The Bertz CT molecular complexity index is 530. The molecule has 1 aromatic carbocycles. The number of nitrogens with zero attached hydrogens (tertiary/aromatic N) is 1. The van der Waals surface area contributed by atoms with E-state index in [0.29, 0.717) is 16.5 Å². The largest absolute Gasteiger partial charge is 0.497 e. The van der Waals surface area contributed by atoms with Crippen molar-refractivity contribution >= 4 is 11.6 Å². The van der Waals surface area contributed by atoms with Crippen molar-refractivity contribution in [3.05, 3.63) is 46.1 Å². The van der Waals surface area contributed by atoms with Crippen LogP contribution in [0.25, 0.3) is 5.69 Å². The van der Waals surface area contributed by atoms with Gasteiger partial charge in [0.2, 0.25) is 0 Å². The summed E-state index contributed by atoms with van der Waals surface area (Å²) in [4.78, 5) is 13.9. The van der Waals surface area contributed by atoms with Gasteiger partial charge in [0.05, 0.1) is 17.8 Å². The molecular formula is C10H9ClN2O2. The maximum Gasteiger partial charge on any atom is 0.330 e. The fraction of sp³-hybridized carbons (Fsp3) is 0.100. The van der Waals surface area contributed by atoms with Gasteiger partial charge in [-0.05, 0) is 12.1 Å². The first-order chi connectivity index (χ1) is 7.22. The summed E-state index contributed by atoms with van der Waals surface area (Å²) in [6.07, 6.45) is 3.17. The van der Waals surface area contributed by atoms with E-state index in [1.165, 1.54) is 4.57 Å². The van der Waals surface area contributed by atoms with Crippen molar-refractivity contribution in [1.29, 1.82) is 0 Å². The summed E-state index contributed by atoms with van der Waals surface area (Å²) in [5, 5.41) is 0.498. The molecule has 0 saturated carbocycles. The summed E-state index contributed by atoms with van der Waals surface area (Å²) in [7, 11) is 1.56. The minimum Gasteiger partial charge on any atom is -0.497 e. The number of benzene rings is 1. The van der Waals surface area contributed by atoms with Gasteiger partial charge in [-0.1, -0.05) is 11.6 Å². The molecule has 15 heavy (non-hydrogen) atoms. The summed E-state index contributed by atoms with van der Waals surface area (Å²) in [5.41, 5.74) is 0.368. The van der Waals surface area contributed by atoms with E-state index < -0.39 is 0 Å². The van der Waals surface area contributed by atoms with E-state index in [2.05, 4.69) is 4.98 Å². The van der Waals surface area contributed by atoms with E-state index in [-0.39, 0.29) is 5.69 Å². The first kappa shape index (κ1) is 9.86. The van der Waals surface area contributed by atoms with Crippen molar-refractivity contribution in [2.24, 2.45) is 0 Å². The van der Waals surface area contributed by atoms with E-state index in [4.69, 9.17) is 16.3 Å². The molecule has 0 fully saturated rings. The van der Waals surface area contributed by atoms with Gasteiger partial charge >= 0.3 is 5.69 Å². The molecule has 0 radical (unpaired) electrons. The van der Waals surface area contributed by atoms with Gasteiger partial charge in [-0.15, -0.1) is 0 Å². The van der Waals surface area contributed by atoms with Gasteiger partial charge in [-0.2, -0.15) is 0 Å². The zero-order valence-corrected chi connectivity index (χ0v) is 8.78. The number of aromatic amines is 1. The Labute approximate surface area is 91.1 Å². The summed E-state index contributed by atoms with van der Waals surface area (Å²) < 4.78 is 6.49. The quantitative estimate of drug-likeness (QED) is 0.846. The normalized spacial score (nSPS) is 10.3. The van der Waals surface area contributed by atoms with Crippen molar-refractivity contribution in [3.63, 3.8) is 0 Å². The highest BCUT2D eigenvalue weighted by Crippen LogP contribution is 2.24. The Morgan fingerprint density at radius 2 is 2.27 bits per heavy atom. The van der Waals surface area contributed by atoms with E-state index in [0.717, 1.165) is 0 Å². The van der Waals surface area contributed by atoms with Crippen molar-refractivity contribution in [2.75, 3.05) is 7.11 Å². The lowest BCUT2D eigenvalue weighted by molar-refractivity contribution is 0.414. The van der Waals surface area contributed by atoms with Crippen LogP contribution in [0.1, 0.15) is 0 Å². The smallest absolute Gasteiger partial charge is 0.330 e. The topological polar surface area (TPSA) is 47.0 Å². The first-order valence-corrected chi connectivity index (χ1v) is 4.70. The predicted molar refractivity (Wildman–Crippen MR) is 58.0 cm³/mol. The van der Waals surface area contributed by atoms with Crippen LogP contribution in [0, 0.1) is 0 Å². The summed E-state index contributed by atoms with van der Waals surface area (Å²) in [6.45, 7) is 0. The Morgan fingerprint density at radius 1 is 1.47 bits per heavy atom. The van der Waals surface area contributed by atoms with Crippen LogP contribution < -0.4 is 10.4 Å². The molecule has 2 aromatic rings. The van der Waals surface area contributed by atoms with Crippen LogP contribution in [0.15, 0.2) is 35.4 Å². The number of methoxy groups -OCH3 is 1. The van der Waals surface area contributed by atoms with Gasteiger partial charge in [-0.25, -0.2) is 4.79 Å². The molecule has 4 nitrogen and oxygen atoms in total. The zero-order chi connectivity index (χ0) is 10.8. The molecule has 0 bridgehead atoms. The molecule has 0 atom stereocenters. The first-order valence-electron chi connectivity index (χ1n) is 4.32. The Kier molecular flexibility index (Phi) is 2.51. The molecule has 2 rings (SSSR count). The third-order valence-corrected chi connectivity index (χ3v) is 2.38. The number of nitrogens with one attached hydrogen (secondary N) is 1. The Morgan fingerprint density at radius 3 is 2.87 bits per heavy atom. The SMILES string of the molecule is COc1ccc(Cl)c(-n2cc[nH]c2=O)c1. The fourth-order valence-electron chi connectivity index (χ4n) is 1.31. The van der Waals surface area contributed by atoms with Crippen LogP contribution in [0.3, 0.4) is 0 Å². The van der Waals surface area contributed by atoms with Gasteiger partial charge in [0.15, 0.2) is 0 Å². The van der Waals surface area contributed by atoms with Crippen molar-refractivity contribution in [3.8, 4) is 11.4 Å². The fourth-order valence-corrected chi connectivity index (χ4v) is 1.52. The molecule has 5 heteroatoms. The number of H-pyrrole nitrogens is 1. The minimum atomic E-state index is -0.231. The third kappa shape index (κ3) is 1.76. The maximum absolute atomic E-state index is 11.4. The Hall–Kier alpha value is -1.68. The van der Waals surface area contributed by atoms with Crippen LogP contribution in [0.2, 0.25) is 5.02 Å². The van der Waals surface area contributed by atoms with Crippen LogP contribution in [0.4, 0.5) is 0 Å². The molecule has 1 heterocycles. The average molecular weight is 225 g/mol. The molecule has 1 N–H and O–H groups in total. The van der Waals surface area contributed by atoms with Gasteiger partial charge in [0.1, 0.15) is 5.75 Å². The lowest BCUT2D eigenvalue weighted by Crippen LogP contribution is -2.14. The zero-order valence-electron chi connectivity index (χ0n) is 8.03. The number of rotatable bonds is 2. The molecule has 0 spiro atoms. The summed E-state index contributed by atoms with van der Waals surface area (Å²) in [5.74, 6) is 0.655. The highest BCUT2D eigenvalue weighted by molar-refractivity contribution is 6.32. The molecule has 0 aliphatic carbocycles. The van der Waals surface area contributed by atoms with Gasteiger partial charge in [0, 0.05) is 18.5 Å².